The summed E-state index contributed by atoms with van der Waals surface area (Å²) in [4.78, 5) is 15.1. The molecule has 5 heteroatoms. The van der Waals surface area contributed by atoms with E-state index in [1.165, 1.54) is 0 Å². The summed E-state index contributed by atoms with van der Waals surface area (Å²) in [5, 5.41) is 14.4. The minimum absolute atomic E-state index is 0.265. The van der Waals surface area contributed by atoms with E-state index in [1.54, 1.807) is 6.20 Å². The number of aliphatic carboxylic acids is 1. The second kappa shape index (κ2) is 6.62. The molecule has 2 aromatic rings. The number of nitrogens with one attached hydrogen (secondary N) is 1. The number of carbonyl (C=O) groups is 1. The number of alkyl halides is 1. The molecule has 0 aliphatic heterocycles. The van der Waals surface area contributed by atoms with Crippen molar-refractivity contribution < 1.29 is 14.3 Å². The lowest BCUT2D eigenvalue weighted by Gasteiger charge is -2.32. The summed E-state index contributed by atoms with van der Waals surface area (Å²) in [7, 11) is 0. The van der Waals surface area contributed by atoms with Gasteiger partial charge in [0.05, 0.1) is 5.92 Å². The highest BCUT2D eigenvalue weighted by Gasteiger charge is 2.37. The van der Waals surface area contributed by atoms with Crippen LogP contribution in [0.5, 0.6) is 0 Å². The molecule has 1 aliphatic rings. The van der Waals surface area contributed by atoms with E-state index in [0.717, 1.165) is 16.3 Å². The Morgan fingerprint density at radius 1 is 1.35 bits per heavy atom. The van der Waals surface area contributed by atoms with Crippen LogP contribution in [-0.2, 0) is 11.3 Å². The van der Waals surface area contributed by atoms with Gasteiger partial charge in [0.2, 0.25) is 0 Å². The standard InChI is InChI=1S/C18H21FN2O2/c19-18(7-4-13(5-8-18)17(22)23)12-21-11-15-3-1-2-14-10-20-9-6-16(14)15/h1-3,6,9-10,13,21H,4-5,7-8,11-12H2,(H,22,23). The van der Waals surface area contributed by atoms with Gasteiger partial charge < -0.3 is 10.4 Å². The van der Waals surface area contributed by atoms with Crippen molar-refractivity contribution in [2.24, 2.45) is 5.92 Å². The van der Waals surface area contributed by atoms with Crippen molar-refractivity contribution in [1.82, 2.24) is 10.3 Å². The number of rotatable bonds is 5. The van der Waals surface area contributed by atoms with Crippen molar-refractivity contribution in [3.8, 4) is 0 Å². The summed E-state index contributed by atoms with van der Waals surface area (Å²) in [6.45, 7) is 0.857. The minimum Gasteiger partial charge on any atom is -0.481 e. The maximum absolute atomic E-state index is 14.8. The number of benzene rings is 1. The summed E-state index contributed by atoms with van der Waals surface area (Å²) >= 11 is 0. The lowest BCUT2D eigenvalue weighted by Crippen LogP contribution is -2.40. The third kappa shape index (κ3) is 3.67. The van der Waals surface area contributed by atoms with E-state index < -0.39 is 11.6 Å². The molecular formula is C18H21FN2O2. The number of carboxylic acid groups (broad SMARTS) is 1. The monoisotopic (exact) mass is 316 g/mol. The Labute approximate surface area is 134 Å². The predicted octanol–water partition coefficient (Wildman–Crippen LogP) is 3.31. The average Bonchev–Trinajstić information content (AvgIpc) is 2.55. The van der Waals surface area contributed by atoms with Crippen molar-refractivity contribution >= 4 is 16.7 Å². The molecule has 1 fully saturated rings. The van der Waals surface area contributed by atoms with Gasteiger partial charge in [0.1, 0.15) is 5.67 Å². The van der Waals surface area contributed by atoms with Crippen LogP contribution in [-0.4, -0.2) is 28.3 Å². The maximum Gasteiger partial charge on any atom is 0.306 e. The number of hydrogen-bond acceptors (Lipinski definition) is 3. The molecule has 0 amide bonds. The van der Waals surface area contributed by atoms with Crippen LogP contribution in [0.1, 0.15) is 31.2 Å². The molecule has 122 valence electrons. The first-order valence-corrected chi connectivity index (χ1v) is 8.01. The molecule has 2 N–H and O–H groups in total. The Morgan fingerprint density at radius 2 is 2.13 bits per heavy atom. The number of pyridine rings is 1. The van der Waals surface area contributed by atoms with Gasteiger partial charge in [-0.15, -0.1) is 0 Å². The van der Waals surface area contributed by atoms with E-state index in [1.807, 2.05) is 30.5 Å². The zero-order chi connectivity index (χ0) is 16.3. The van der Waals surface area contributed by atoms with Gasteiger partial charge in [0.25, 0.3) is 0 Å². The zero-order valence-corrected chi connectivity index (χ0v) is 13.0. The van der Waals surface area contributed by atoms with Gasteiger partial charge in [0.15, 0.2) is 0 Å². The minimum atomic E-state index is -1.29. The summed E-state index contributed by atoms with van der Waals surface area (Å²) < 4.78 is 14.8. The lowest BCUT2D eigenvalue weighted by molar-refractivity contribution is -0.143. The Balaban J connectivity index is 1.58. The lowest BCUT2D eigenvalue weighted by atomic mass is 9.80. The molecule has 0 unspecified atom stereocenters. The van der Waals surface area contributed by atoms with Gasteiger partial charge in [-0.1, -0.05) is 18.2 Å². The topological polar surface area (TPSA) is 62.2 Å². The van der Waals surface area contributed by atoms with E-state index >= 15 is 0 Å². The maximum atomic E-state index is 14.8. The molecule has 0 saturated heterocycles. The highest BCUT2D eigenvalue weighted by atomic mass is 19.1. The van der Waals surface area contributed by atoms with E-state index in [2.05, 4.69) is 10.3 Å². The highest BCUT2D eigenvalue weighted by Crippen LogP contribution is 2.35. The van der Waals surface area contributed by atoms with Crippen LogP contribution in [0.2, 0.25) is 0 Å². The molecule has 0 atom stereocenters. The van der Waals surface area contributed by atoms with Crippen LogP contribution in [0.15, 0.2) is 36.7 Å². The fourth-order valence-corrected chi connectivity index (χ4v) is 3.32. The molecule has 0 spiro atoms. The normalized spacial score (nSPS) is 24.7. The smallest absolute Gasteiger partial charge is 0.306 e. The van der Waals surface area contributed by atoms with Gasteiger partial charge >= 0.3 is 5.97 Å². The van der Waals surface area contributed by atoms with Crippen LogP contribution in [0, 0.1) is 5.92 Å². The van der Waals surface area contributed by atoms with Crippen LogP contribution in [0.4, 0.5) is 4.39 Å². The highest BCUT2D eigenvalue weighted by molar-refractivity contribution is 5.84. The largest absolute Gasteiger partial charge is 0.481 e. The molecule has 1 aromatic carbocycles. The molecular weight excluding hydrogens is 295 g/mol. The molecule has 1 heterocycles. The molecule has 4 nitrogen and oxygen atoms in total. The first kappa shape index (κ1) is 15.9. The second-order valence-electron chi connectivity index (χ2n) is 6.38. The summed E-state index contributed by atoms with van der Waals surface area (Å²) in [5.74, 6) is -1.19. The van der Waals surface area contributed by atoms with Gasteiger partial charge in [-0.05, 0) is 42.7 Å². The van der Waals surface area contributed by atoms with E-state index in [9.17, 15) is 9.18 Å². The Bertz CT molecular complexity index is 691. The zero-order valence-electron chi connectivity index (χ0n) is 13.0. The quantitative estimate of drug-likeness (QED) is 0.888. The predicted molar refractivity (Wildman–Crippen MR) is 86.9 cm³/mol. The Morgan fingerprint density at radius 3 is 2.87 bits per heavy atom. The summed E-state index contributed by atoms with van der Waals surface area (Å²) in [6, 6.07) is 7.98. The average molecular weight is 316 g/mol. The fourth-order valence-electron chi connectivity index (χ4n) is 3.32. The molecule has 1 aliphatic carbocycles. The van der Waals surface area contributed by atoms with Crippen LogP contribution < -0.4 is 5.32 Å². The Hall–Kier alpha value is -2.01. The second-order valence-corrected chi connectivity index (χ2v) is 6.38. The van der Waals surface area contributed by atoms with E-state index in [0.29, 0.717) is 32.2 Å². The number of nitrogens with zero attached hydrogens (tertiary/aromatic N) is 1. The molecule has 23 heavy (non-hydrogen) atoms. The molecule has 1 aromatic heterocycles. The van der Waals surface area contributed by atoms with Crippen molar-refractivity contribution in [3.63, 3.8) is 0 Å². The van der Waals surface area contributed by atoms with Gasteiger partial charge in [-0.25, -0.2) is 4.39 Å². The van der Waals surface area contributed by atoms with E-state index in [-0.39, 0.29) is 12.5 Å². The third-order valence-corrected chi connectivity index (χ3v) is 4.76. The van der Waals surface area contributed by atoms with E-state index in [4.69, 9.17) is 5.11 Å². The molecule has 0 bridgehead atoms. The summed E-state index contributed by atoms with van der Waals surface area (Å²) in [5.41, 5.74) is -0.175. The van der Waals surface area contributed by atoms with Crippen molar-refractivity contribution in [2.45, 2.75) is 37.9 Å². The van der Waals surface area contributed by atoms with Crippen molar-refractivity contribution in [2.75, 3.05) is 6.54 Å². The number of fused-ring (bicyclic) bond motifs is 1. The number of carboxylic acids is 1. The van der Waals surface area contributed by atoms with Crippen molar-refractivity contribution in [3.05, 3.63) is 42.2 Å². The number of aromatic nitrogens is 1. The third-order valence-electron chi connectivity index (χ3n) is 4.76. The SMILES string of the molecule is O=C(O)C1CCC(F)(CNCc2cccc3cnccc23)CC1. The summed E-state index contributed by atoms with van der Waals surface area (Å²) in [6.07, 6.45) is 5.06. The molecule has 3 rings (SSSR count). The van der Waals surface area contributed by atoms with Gasteiger partial charge in [0, 0.05) is 30.9 Å². The van der Waals surface area contributed by atoms with Crippen LogP contribution in [0.25, 0.3) is 10.8 Å². The number of halogens is 1. The van der Waals surface area contributed by atoms with Gasteiger partial charge in [-0.2, -0.15) is 0 Å². The first-order valence-electron chi connectivity index (χ1n) is 8.01. The van der Waals surface area contributed by atoms with Crippen molar-refractivity contribution in [1.29, 1.82) is 0 Å². The molecule has 0 radical (unpaired) electrons. The van der Waals surface area contributed by atoms with Gasteiger partial charge in [-0.3, -0.25) is 9.78 Å². The number of hydrogen-bond donors (Lipinski definition) is 2. The fraction of sp³-hybridized carbons (Fsp3) is 0.444. The molecule has 1 saturated carbocycles. The Kier molecular flexibility index (Phi) is 4.57. The van der Waals surface area contributed by atoms with Crippen LogP contribution >= 0.6 is 0 Å². The first-order chi connectivity index (χ1) is 11.1. The van der Waals surface area contributed by atoms with Crippen LogP contribution in [0.3, 0.4) is 0 Å².